The predicted molar refractivity (Wildman–Crippen MR) is 113 cm³/mol. The van der Waals surface area contributed by atoms with Gasteiger partial charge in [-0.1, -0.05) is 35.0 Å². The van der Waals surface area contributed by atoms with E-state index in [1.54, 1.807) is 44.5 Å². The fourth-order valence-electron chi connectivity index (χ4n) is 3.92. The van der Waals surface area contributed by atoms with Crippen molar-refractivity contribution >= 4 is 29.3 Å². The van der Waals surface area contributed by atoms with E-state index >= 15 is 0 Å². The minimum atomic E-state index is -1.35. The molecule has 9 heteroatoms. The van der Waals surface area contributed by atoms with Crippen LogP contribution in [0.15, 0.2) is 41.1 Å². The van der Waals surface area contributed by atoms with Gasteiger partial charge in [-0.3, -0.25) is 19.3 Å². The van der Waals surface area contributed by atoms with E-state index in [1.165, 1.54) is 16.1 Å². The monoisotopic (exact) mass is 447 g/mol. The third-order valence-electron chi connectivity index (χ3n) is 5.84. The largest absolute Gasteiger partial charge is 0.385 e. The van der Waals surface area contributed by atoms with Crippen molar-refractivity contribution in [2.45, 2.75) is 37.6 Å². The second-order valence-corrected chi connectivity index (χ2v) is 8.12. The highest BCUT2D eigenvalue weighted by molar-refractivity contribution is 6.32. The molecule has 1 aliphatic rings. The lowest BCUT2D eigenvalue weighted by Crippen LogP contribution is -2.43. The summed E-state index contributed by atoms with van der Waals surface area (Å²) in [6, 6.07) is 8.19. The van der Waals surface area contributed by atoms with E-state index in [0.29, 0.717) is 29.3 Å². The zero-order chi connectivity index (χ0) is 22.6. The Morgan fingerprint density at radius 2 is 2.10 bits per heavy atom. The lowest BCUT2D eigenvalue weighted by Gasteiger charge is -2.31. The van der Waals surface area contributed by atoms with E-state index in [4.69, 9.17) is 20.9 Å². The first kappa shape index (κ1) is 23.0. The second-order valence-electron chi connectivity index (χ2n) is 7.72. The van der Waals surface area contributed by atoms with Crippen LogP contribution in [-0.2, 0) is 24.5 Å². The zero-order valence-corrected chi connectivity index (χ0v) is 18.6. The Hall–Kier alpha value is -2.71. The minimum absolute atomic E-state index is 0.111. The number of benzene rings is 1. The summed E-state index contributed by atoms with van der Waals surface area (Å²) < 4.78 is 9.92. The van der Waals surface area contributed by atoms with Gasteiger partial charge in [0.25, 0.3) is 0 Å². The number of carbonyl (C=O) groups is 3. The van der Waals surface area contributed by atoms with Crippen LogP contribution < -0.4 is 0 Å². The minimum Gasteiger partial charge on any atom is -0.385 e. The summed E-state index contributed by atoms with van der Waals surface area (Å²) in [6.45, 7) is 2.47. The fourth-order valence-corrected chi connectivity index (χ4v) is 4.24. The molecule has 0 saturated carbocycles. The number of rotatable bonds is 9. The van der Waals surface area contributed by atoms with Crippen molar-refractivity contribution in [1.29, 1.82) is 0 Å². The van der Waals surface area contributed by atoms with Crippen molar-refractivity contribution in [3.05, 3.63) is 52.9 Å². The number of hydrogen-bond acceptors (Lipinski definition) is 6. The normalized spacial score (nSPS) is 19.7. The smallest absolute Gasteiger partial charge is 0.240 e. The maximum atomic E-state index is 13.5. The van der Waals surface area contributed by atoms with Crippen LogP contribution in [0.2, 0.25) is 5.02 Å². The van der Waals surface area contributed by atoms with Gasteiger partial charge in [0.15, 0.2) is 0 Å². The van der Waals surface area contributed by atoms with E-state index < -0.39 is 11.3 Å². The van der Waals surface area contributed by atoms with Gasteiger partial charge in [-0.25, -0.2) is 0 Å². The lowest BCUT2D eigenvalue weighted by atomic mass is 9.75. The van der Waals surface area contributed by atoms with Crippen molar-refractivity contribution in [3.63, 3.8) is 0 Å². The van der Waals surface area contributed by atoms with Gasteiger partial charge in [0, 0.05) is 51.2 Å². The Morgan fingerprint density at radius 1 is 1.35 bits per heavy atom. The summed E-state index contributed by atoms with van der Waals surface area (Å²) in [7, 11) is 3.20. The number of halogens is 1. The van der Waals surface area contributed by atoms with E-state index in [2.05, 4.69) is 5.16 Å². The van der Waals surface area contributed by atoms with E-state index in [1.807, 2.05) is 6.92 Å². The number of hydrogen-bond donors (Lipinski definition) is 0. The summed E-state index contributed by atoms with van der Waals surface area (Å²) in [5, 5.41) is 4.24. The molecule has 1 fully saturated rings. The molecule has 0 bridgehead atoms. The first-order valence-electron chi connectivity index (χ1n) is 10.1. The Kier molecular flexibility index (Phi) is 7.12. The molecular formula is C22H26ClN3O5. The topological polar surface area (TPSA) is 92.9 Å². The lowest BCUT2D eigenvalue weighted by molar-refractivity contribution is -0.143. The molecule has 1 aromatic carbocycles. The molecule has 8 nitrogen and oxygen atoms in total. The molecule has 2 atom stereocenters. The molecule has 3 rings (SSSR count). The number of carbonyl (C=O) groups excluding carboxylic acids is 3. The number of aromatic nitrogens is 1. The van der Waals surface area contributed by atoms with Crippen molar-refractivity contribution in [3.8, 4) is 0 Å². The van der Waals surface area contributed by atoms with E-state index in [-0.39, 0.29) is 37.2 Å². The molecule has 1 saturated heterocycles. The maximum Gasteiger partial charge on any atom is 0.240 e. The molecule has 3 amide bonds. The molecule has 2 heterocycles. The van der Waals surface area contributed by atoms with Crippen molar-refractivity contribution in [1.82, 2.24) is 15.0 Å². The van der Waals surface area contributed by atoms with Gasteiger partial charge in [-0.15, -0.1) is 0 Å². The molecule has 0 radical (unpaired) electrons. The molecule has 31 heavy (non-hydrogen) atoms. The van der Waals surface area contributed by atoms with Gasteiger partial charge < -0.3 is 14.2 Å². The Morgan fingerprint density at radius 3 is 2.74 bits per heavy atom. The first-order chi connectivity index (χ1) is 14.8. The summed E-state index contributed by atoms with van der Waals surface area (Å²) in [5.74, 6) is -1.02. The van der Waals surface area contributed by atoms with Crippen LogP contribution in [0.5, 0.6) is 0 Å². The number of methoxy groups -OCH3 is 1. The summed E-state index contributed by atoms with van der Waals surface area (Å²) >= 11 is 6.44. The third kappa shape index (κ3) is 4.50. The van der Waals surface area contributed by atoms with Crippen molar-refractivity contribution < 1.29 is 23.6 Å². The number of likely N-dealkylation sites (tertiary alicyclic amines) is 1. The highest BCUT2D eigenvalue weighted by atomic mass is 35.5. The van der Waals surface area contributed by atoms with Crippen LogP contribution in [0, 0.1) is 0 Å². The van der Waals surface area contributed by atoms with Crippen LogP contribution in [0.4, 0.5) is 0 Å². The van der Waals surface area contributed by atoms with Crippen LogP contribution in [0.1, 0.15) is 43.5 Å². The fraction of sp³-hybridized carbons (Fsp3) is 0.455. The predicted octanol–water partition coefficient (Wildman–Crippen LogP) is 2.97. The number of ether oxygens (including phenoxy) is 1. The summed E-state index contributed by atoms with van der Waals surface area (Å²) in [5.41, 5.74) is -0.269. The zero-order valence-electron chi connectivity index (χ0n) is 17.8. The SMILES string of the molecule is COCCCN1C(=O)CC(CC(=O)N(C)C(C)c2ccon2)(c2ccccc2Cl)C1=O. The van der Waals surface area contributed by atoms with Gasteiger partial charge in [0.1, 0.15) is 12.0 Å². The molecule has 166 valence electrons. The van der Waals surface area contributed by atoms with Crippen LogP contribution in [-0.4, -0.2) is 60.0 Å². The molecular weight excluding hydrogens is 422 g/mol. The number of nitrogens with zero attached hydrogens (tertiary/aromatic N) is 3. The van der Waals surface area contributed by atoms with Gasteiger partial charge in [-0.05, 0) is 25.0 Å². The molecule has 0 N–H and O–H groups in total. The van der Waals surface area contributed by atoms with E-state index in [9.17, 15) is 14.4 Å². The van der Waals surface area contributed by atoms with E-state index in [0.717, 1.165) is 0 Å². The Balaban J connectivity index is 1.93. The van der Waals surface area contributed by atoms with Gasteiger partial charge in [0.2, 0.25) is 17.7 Å². The number of amides is 3. The van der Waals surface area contributed by atoms with Crippen LogP contribution in [0.25, 0.3) is 0 Å². The molecule has 1 aliphatic heterocycles. The highest BCUT2D eigenvalue weighted by Crippen LogP contribution is 2.43. The maximum absolute atomic E-state index is 13.5. The summed E-state index contributed by atoms with van der Waals surface area (Å²) in [4.78, 5) is 42.4. The van der Waals surface area contributed by atoms with Crippen LogP contribution >= 0.6 is 11.6 Å². The average Bonchev–Trinajstić information content (AvgIpc) is 3.36. The molecule has 0 aliphatic carbocycles. The van der Waals surface area contributed by atoms with Gasteiger partial charge in [-0.2, -0.15) is 0 Å². The summed E-state index contributed by atoms with van der Waals surface area (Å²) in [6.07, 6.45) is 1.66. The van der Waals surface area contributed by atoms with Gasteiger partial charge in [0.05, 0.1) is 11.5 Å². The van der Waals surface area contributed by atoms with Crippen molar-refractivity contribution in [2.24, 2.45) is 0 Å². The second kappa shape index (κ2) is 9.62. The molecule has 1 aromatic heterocycles. The number of imide groups is 1. The Bertz CT molecular complexity index is 948. The average molecular weight is 448 g/mol. The van der Waals surface area contributed by atoms with Crippen molar-refractivity contribution in [2.75, 3.05) is 27.3 Å². The Labute approximate surface area is 186 Å². The standard InChI is InChI=1S/C22H26ClN3O5/c1-15(18-9-12-31-24-18)25(2)19(27)13-22(16-7-4-5-8-17(16)23)14-20(28)26(21(22)29)10-6-11-30-3/h4-5,7-9,12,15H,6,10-11,13-14H2,1-3H3. The molecule has 2 unspecified atom stereocenters. The van der Waals surface area contributed by atoms with Crippen LogP contribution in [0.3, 0.4) is 0 Å². The van der Waals surface area contributed by atoms with Gasteiger partial charge >= 0.3 is 0 Å². The third-order valence-corrected chi connectivity index (χ3v) is 6.17. The first-order valence-corrected chi connectivity index (χ1v) is 10.4. The molecule has 0 spiro atoms. The quantitative estimate of drug-likeness (QED) is 0.433. The molecule has 2 aromatic rings. The highest BCUT2D eigenvalue weighted by Gasteiger charge is 2.54.